The summed E-state index contributed by atoms with van der Waals surface area (Å²) in [6.07, 6.45) is 2.49. The lowest BCUT2D eigenvalue weighted by molar-refractivity contribution is 0.0433. The fraction of sp³-hybridized carbons (Fsp3) is 0.538. The molecule has 1 saturated heterocycles. The van der Waals surface area contributed by atoms with Crippen LogP contribution < -0.4 is 0 Å². The van der Waals surface area contributed by atoms with Crippen LogP contribution in [0.15, 0.2) is 18.2 Å². The van der Waals surface area contributed by atoms with E-state index in [9.17, 15) is 5.11 Å². The van der Waals surface area contributed by atoms with Crippen molar-refractivity contribution in [3.05, 3.63) is 32.4 Å². The molecule has 1 aliphatic rings. The van der Waals surface area contributed by atoms with Gasteiger partial charge in [0.15, 0.2) is 0 Å². The fourth-order valence-corrected chi connectivity index (χ4v) is 3.07. The molecule has 0 amide bonds. The standard InChI is InChI=1S/C13H16ClIO2/c14-10-1-2-12(15)11(8-10)13(16)7-9-3-5-17-6-4-9/h1-2,8-9,13,16H,3-7H2. The van der Waals surface area contributed by atoms with Gasteiger partial charge in [-0.05, 0) is 71.5 Å². The molecule has 0 aliphatic carbocycles. The van der Waals surface area contributed by atoms with Gasteiger partial charge < -0.3 is 9.84 Å². The zero-order chi connectivity index (χ0) is 12.3. The Bertz CT molecular complexity index is 378. The van der Waals surface area contributed by atoms with E-state index in [2.05, 4.69) is 22.6 Å². The second-order valence-corrected chi connectivity index (χ2v) is 6.07. The molecule has 1 fully saturated rings. The molecule has 1 aliphatic heterocycles. The van der Waals surface area contributed by atoms with Gasteiger partial charge in [-0.2, -0.15) is 0 Å². The Balaban J connectivity index is 2.02. The monoisotopic (exact) mass is 366 g/mol. The van der Waals surface area contributed by atoms with E-state index < -0.39 is 6.10 Å². The van der Waals surface area contributed by atoms with Gasteiger partial charge in [-0.1, -0.05) is 11.6 Å². The normalized spacial score (nSPS) is 19.2. The third kappa shape index (κ3) is 3.81. The Morgan fingerprint density at radius 1 is 1.41 bits per heavy atom. The molecule has 0 spiro atoms. The molecule has 17 heavy (non-hydrogen) atoms. The van der Waals surface area contributed by atoms with Crippen LogP contribution in [0.1, 0.15) is 30.9 Å². The summed E-state index contributed by atoms with van der Waals surface area (Å²) >= 11 is 8.21. The highest BCUT2D eigenvalue weighted by molar-refractivity contribution is 14.1. The van der Waals surface area contributed by atoms with Gasteiger partial charge in [0.25, 0.3) is 0 Å². The molecule has 0 bridgehead atoms. The molecule has 0 radical (unpaired) electrons. The van der Waals surface area contributed by atoms with Crippen LogP contribution in [0.25, 0.3) is 0 Å². The highest BCUT2D eigenvalue weighted by Crippen LogP contribution is 2.31. The topological polar surface area (TPSA) is 29.5 Å². The van der Waals surface area contributed by atoms with Gasteiger partial charge in [-0.25, -0.2) is 0 Å². The summed E-state index contributed by atoms with van der Waals surface area (Å²) in [6, 6.07) is 5.67. The zero-order valence-corrected chi connectivity index (χ0v) is 12.4. The van der Waals surface area contributed by atoms with Crippen molar-refractivity contribution < 1.29 is 9.84 Å². The molecule has 2 nitrogen and oxygen atoms in total. The van der Waals surface area contributed by atoms with Gasteiger partial charge >= 0.3 is 0 Å². The SMILES string of the molecule is OC(CC1CCOCC1)c1cc(Cl)ccc1I. The van der Waals surface area contributed by atoms with Gasteiger partial charge in [0, 0.05) is 21.8 Å². The van der Waals surface area contributed by atoms with Crippen LogP contribution in [0.2, 0.25) is 5.02 Å². The Morgan fingerprint density at radius 3 is 2.82 bits per heavy atom. The first-order valence-corrected chi connectivity index (χ1v) is 7.33. The molecule has 0 saturated carbocycles. The largest absolute Gasteiger partial charge is 0.388 e. The van der Waals surface area contributed by atoms with Gasteiger partial charge in [0.1, 0.15) is 0 Å². The molecule has 1 atom stereocenters. The number of hydrogen-bond donors (Lipinski definition) is 1. The van der Waals surface area contributed by atoms with Gasteiger partial charge in [0.2, 0.25) is 0 Å². The molecule has 0 aromatic heterocycles. The molecule has 4 heteroatoms. The minimum absolute atomic E-state index is 0.413. The number of ether oxygens (including phenoxy) is 1. The summed E-state index contributed by atoms with van der Waals surface area (Å²) in [5, 5.41) is 11.0. The third-order valence-electron chi connectivity index (χ3n) is 3.21. The average Bonchev–Trinajstić information content (AvgIpc) is 2.33. The molecule has 94 valence electrons. The molecule has 1 aromatic carbocycles. The lowest BCUT2D eigenvalue weighted by Gasteiger charge is -2.24. The maximum Gasteiger partial charge on any atom is 0.0803 e. The van der Waals surface area contributed by atoms with Crippen molar-refractivity contribution in [2.45, 2.75) is 25.4 Å². The van der Waals surface area contributed by atoms with Crippen molar-refractivity contribution in [1.82, 2.24) is 0 Å². The molecule has 1 aromatic rings. The predicted molar refractivity (Wildman–Crippen MR) is 77.3 cm³/mol. The van der Waals surface area contributed by atoms with Crippen molar-refractivity contribution in [3.63, 3.8) is 0 Å². The van der Waals surface area contributed by atoms with E-state index in [1.54, 1.807) is 0 Å². The number of benzene rings is 1. The maximum atomic E-state index is 10.3. The highest BCUT2D eigenvalue weighted by atomic mass is 127. The van der Waals surface area contributed by atoms with E-state index in [4.69, 9.17) is 16.3 Å². The number of rotatable bonds is 3. The summed E-state index contributed by atoms with van der Waals surface area (Å²) in [5.41, 5.74) is 0.949. The van der Waals surface area contributed by atoms with Crippen molar-refractivity contribution in [2.24, 2.45) is 5.92 Å². The molecule has 1 unspecified atom stereocenters. The van der Waals surface area contributed by atoms with Crippen LogP contribution in [0, 0.1) is 9.49 Å². The Morgan fingerprint density at radius 2 is 2.12 bits per heavy atom. The minimum Gasteiger partial charge on any atom is -0.388 e. The van der Waals surface area contributed by atoms with Crippen molar-refractivity contribution in [1.29, 1.82) is 0 Å². The fourth-order valence-electron chi connectivity index (χ4n) is 2.19. The number of aliphatic hydroxyl groups excluding tert-OH is 1. The zero-order valence-electron chi connectivity index (χ0n) is 9.53. The quantitative estimate of drug-likeness (QED) is 0.825. The van der Waals surface area contributed by atoms with Crippen molar-refractivity contribution >= 4 is 34.2 Å². The van der Waals surface area contributed by atoms with E-state index >= 15 is 0 Å². The van der Waals surface area contributed by atoms with Gasteiger partial charge in [-0.15, -0.1) is 0 Å². The molecule has 2 rings (SSSR count). The first kappa shape index (κ1) is 13.6. The van der Waals surface area contributed by atoms with Crippen LogP contribution in [-0.4, -0.2) is 18.3 Å². The van der Waals surface area contributed by atoms with E-state index in [0.717, 1.165) is 41.6 Å². The van der Waals surface area contributed by atoms with E-state index in [-0.39, 0.29) is 0 Å². The molecule has 1 N–H and O–H groups in total. The Kier molecular flexibility index (Phi) is 5.09. The summed E-state index contributed by atoms with van der Waals surface area (Å²) in [5.74, 6) is 0.563. The lowest BCUT2D eigenvalue weighted by atomic mass is 9.91. The van der Waals surface area contributed by atoms with E-state index in [1.807, 2.05) is 18.2 Å². The Labute approximate surface area is 120 Å². The number of hydrogen-bond acceptors (Lipinski definition) is 2. The van der Waals surface area contributed by atoms with Gasteiger partial charge in [0.05, 0.1) is 6.10 Å². The molecule has 1 heterocycles. The molecular weight excluding hydrogens is 350 g/mol. The lowest BCUT2D eigenvalue weighted by Crippen LogP contribution is -2.18. The number of aliphatic hydroxyl groups is 1. The van der Waals surface area contributed by atoms with E-state index in [1.165, 1.54) is 0 Å². The van der Waals surface area contributed by atoms with Crippen LogP contribution in [0.3, 0.4) is 0 Å². The Hall–Kier alpha value is 0.160. The highest BCUT2D eigenvalue weighted by Gasteiger charge is 2.20. The summed E-state index contributed by atoms with van der Waals surface area (Å²) in [6.45, 7) is 1.65. The third-order valence-corrected chi connectivity index (χ3v) is 4.43. The van der Waals surface area contributed by atoms with Crippen LogP contribution in [0.5, 0.6) is 0 Å². The minimum atomic E-state index is -0.413. The summed E-state index contributed by atoms with van der Waals surface area (Å²) in [4.78, 5) is 0. The molecular formula is C13H16ClIO2. The smallest absolute Gasteiger partial charge is 0.0803 e. The average molecular weight is 367 g/mol. The maximum absolute atomic E-state index is 10.3. The van der Waals surface area contributed by atoms with Crippen LogP contribution in [0.4, 0.5) is 0 Å². The van der Waals surface area contributed by atoms with Crippen molar-refractivity contribution in [2.75, 3.05) is 13.2 Å². The summed E-state index contributed by atoms with van der Waals surface area (Å²) in [7, 11) is 0. The van der Waals surface area contributed by atoms with Crippen molar-refractivity contribution in [3.8, 4) is 0 Å². The van der Waals surface area contributed by atoms with Gasteiger partial charge in [-0.3, -0.25) is 0 Å². The first-order chi connectivity index (χ1) is 8.16. The van der Waals surface area contributed by atoms with E-state index in [0.29, 0.717) is 10.9 Å². The second-order valence-electron chi connectivity index (χ2n) is 4.47. The number of halogens is 2. The van der Waals surface area contributed by atoms with Crippen LogP contribution >= 0.6 is 34.2 Å². The second kappa shape index (κ2) is 6.36. The summed E-state index contributed by atoms with van der Waals surface area (Å²) < 4.78 is 6.40. The predicted octanol–water partition coefficient (Wildman–Crippen LogP) is 3.79. The first-order valence-electron chi connectivity index (χ1n) is 5.87. The van der Waals surface area contributed by atoms with Crippen LogP contribution in [-0.2, 0) is 4.74 Å².